The maximum atomic E-state index is 14.0. The van der Waals surface area contributed by atoms with E-state index < -0.39 is 35.3 Å². The van der Waals surface area contributed by atoms with Crippen molar-refractivity contribution < 1.29 is 30.7 Å². The summed E-state index contributed by atoms with van der Waals surface area (Å²) in [5.41, 5.74) is -2.68. The van der Waals surface area contributed by atoms with Crippen LogP contribution in [0.4, 0.5) is 30.7 Å². The van der Waals surface area contributed by atoms with Crippen LogP contribution in [0.1, 0.15) is 17.2 Å². The Morgan fingerprint density at radius 3 is 2.04 bits per heavy atom. The lowest BCUT2D eigenvalue weighted by Gasteiger charge is -2.36. The lowest BCUT2D eigenvalue weighted by Crippen LogP contribution is -2.49. The van der Waals surface area contributed by atoms with Gasteiger partial charge in [-0.3, -0.25) is 4.90 Å². The first kappa shape index (κ1) is 20.0. The third-order valence-electron chi connectivity index (χ3n) is 3.46. The van der Waals surface area contributed by atoms with Gasteiger partial charge in [-0.15, -0.1) is 12.4 Å². The number of halogens is 8. The quantitative estimate of drug-likeness (QED) is 0.802. The SMILES string of the molecule is Cl.Fc1c([C@@H](N2CCNCC2)C(F)(F)F)cccc1C(F)(F)F. The zero-order chi connectivity index (χ0) is 16.5. The molecule has 10 heteroatoms. The molecule has 1 aliphatic heterocycles. The summed E-state index contributed by atoms with van der Waals surface area (Å²) in [6.07, 6.45) is -9.91. The first-order valence-electron chi connectivity index (χ1n) is 6.49. The van der Waals surface area contributed by atoms with Gasteiger partial charge in [0.15, 0.2) is 0 Å². The Hall–Kier alpha value is -1.06. The second kappa shape index (κ2) is 7.23. The number of piperazine rings is 1. The zero-order valence-corrected chi connectivity index (χ0v) is 12.5. The van der Waals surface area contributed by atoms with Gasteiger partial charge in [0.2, 0.25) is 0 Å². The number of hydrogen-bond acceptors (Lipinski definition) is 2. The van der Waals surface area contributed by atoms with E-state index in [0.29, 0.717) is 6.07 Å². The molecule has 0 spiro atoms. The van der Waals surface area contributed by atoms with Gasteiger partial charge < -0.3 is 5.32 Å². The molecule has 0 bridgehead atoms. The highest BCUT2D eigenvalue weighted by Crippen LogP contribution is 2.41. The van der Waals surface area contributed by atoms with Crippen molar-refractivity contribution in [3.05, 3.63) is 35.1 Å². The average molecular weight is 367 g/mol. The van der Waals surface area contributed by atoms with Crippen molar-refractivity contribution in [2.45, 2.75) is 18.4 Å². The van der Waals surface area contributed by atoms with Crippen molar-refractivity contribution in [3.8, 4) is 0 Å². The molecule has 1 fully saturated rings. The molecule has 2 rings (SSSR count). The maximum Gasteiger partial charge on any atom is 0.419 e. The Morgan fingerprint density at radius 1 is 1.00 bits per heavy atom. The van der Waals surface area contributed by atoms with Crippen LogP contribution in [-0.4, -0.2) is 37.3 Å². The number of alkyl halides is 6. The highest BCUT2D eigenvalue weighted by molar-refractivity contribution is 5.85. The fraction of sp³-hybridized carbons (Fsp3) is 0.538. The van der Waals surface area contributed by atoms with E-state index in [-0.39, 0.29) is 38.6 Å². The van der Waals surface area contributed by atoms with Crippen LogP contribution in [0.25, 0.3) is 0 Å². The van der Waals surface area contributed by atoms with Crippen molar-refractivity contribution >= 4 is 12.4 Å². The van der Waals surface area contributed by atoms with Gasteiger partial charge in [0.25, 0.3) is 0 Å². The molecule has 0 unspecified atom stereocenters. The first-order valence-corrected chi connectivity index (χ1v) is 6.49. The Balaban J connectivity index is 0.00000264. The van der Waals surface area contributed by atoms with Gasteiger partial charge in [-0.1, -0.05) is 12.1 Å². The van der Waals surface area contributed by atoms with E-state index in [1.54, 1.807) is 0 Å². The van der Waals surface area contributed by atoms with Crippen LogP contribution < -0.4 is 5.32 Å². The van der Waals surface area contributed by atoms with E-state index in [2.05, 4.69) is 5.32 Å². The van der Waals surface area contributed by atoms with Gasteiger partial charge in [0.05, 0.1) is 5.56 Å². The summed E-state index contributed by atoms with van der Waals surface area (Å²) in [4.78, 5) is 0.940. The predicted molar refractivity (Wildman–Crippen MR) is 71.9 cm³/mol. The molecule has 0 radical (unpaired) electrons. The largest absolute Gasteiger partial charge is 0.419 e. The fourth-order valence-corrected chi connectivity index (χ4v) is 2.50. The van der Waals surface area contributed by atoms with Crippen LogP contribution in [0.3, 0.4) is 0 Å². The summed E-state index contributed by atoms with van der Waals surface area (Å²) in [6, 6.07) is -0.409. The van der Waals surface area contributed by atoms with Crippen molar-refractivity contribution in [1.82, 2.24) is 10.2 Å². The van der Waals surface area contributed by atoms with Gasteiger partial charge in [0, 0.05) is 31.7 Å². The third kappa shape index (κ3) is 4.48. The van der Waals surface area contributed by atoms with E-state index in [4.69, 9.17) is 0 Å². The Kier molecular flexibility index (Phi) is 6.28. The molecule has 132 valence electrons. The Bertz CT molecular complexity index is 524. The molecule has 1 heterocycles. The van der Waals surface area contributed by atoms with E-state index in [9.17, 15) is 30.7 Å². The zero-order valence-electron chi connectivity index (χ0n) is 11.6. The van der Waals surface area contributed by atoms with Crippen LogP contribution >= 0.6 is 12.4 Å². The topological polar surface area (TPSA) is 15.3 Å². The minimum absolute atomic E-state index is 0. The summed E-state index contributed by atoms with van der Waals surface area (Å²) in [7, 11) is 0. The first-order chi connectivity index (χ1) is 10.1. The van der Waals surface area contributed by atoms with Crippen molar-refractivity contribution in [2.75, 3.05) is 26.2 Å². The molecule has 0 aromatic heterocycles. The lowest BCUT2D eigenvalue weighted by molar-refractivity contribution is -0.189. The van der Waals surface area contributed by atoms with Gasteiger partial charge in [-0.05, 0) is 6.07 Å². The number of nitrogens with one attached hydrogen (secondary N) is 1. The highest BCUT2D eigenvalue weighted by atomic mass is 35.5. The molecule has 0 aliphatic carbocycles. The number of nitrogens with zero attached hydrogens (tertiary/aromatic N) is 1. The van der Waals surface area contributed by atoms with Gasteiger partial charge >= 0.3 is 12.4 Å². The molecule has 1 N–H and O–H groups in total. The normalized spacial score (nSPS) is 18.4. The average Bonchev–Trinajstić information content (AvgIpc) is 2.39. The van der Waals surface area contributed by atoms with Gasteiger partial charge in [-0.2, -0.15) is 26.3 Å². The molecular formula is C13H14ClF7N2. The number of hydrogen-bond donors (Lipinski definition) is 1. The monoisotopic (exact) mass is 366 g/mol. The molecule has 0 amide bonds. The standard InChI is InChI=1S/C13H13F7N2.ClH/c14-10-8(2-1-3-9(10)12(15,16)17)11(13(18,19)20)22-6-4-21-5-7-22;/h1-3,11,21H,4-7H2;1H/t11-;/m1./s1. The maximum absolute atomic E-state index is 14.0. The van der Waals surface area contributed by atoms with Crippen LogP contribution in [0.2, 0.25) is 0 Å². The van der Waals surface area contributed by atoms with E-state index in [0.717, 1.165) is 17.0 Å². The molecule has 1 aliphatic rings. The predicted octanol–water partition coefficient (Wildman–Crippen LogP) is 3.77. The minimum Gasteiger partial charge on any atom is -0.314 e. The van der Waals surface area contributed by atoms with Gasteiger partial charge in [-0.25, -0.2) is 4.39 Å². The van der Waals surface area contributed by atoms with Crippen LogP contribution in [0, 0.1) is 5.82 Å². The molecule has 0 saturated carbocycles. The minimum atomic E-state index is -5.04. The summed E-state index contributed by atoms with van der Waals surface area (Å²) >= 11 is 0. The second-order valence-electron chi connectivity index (χ2n) is 4.94. The van der Waals surface area contributed by atoms with E-state index >= 15 is 0 Å². The molecule has 2 nitrogen and oxygen atoms in total. The molecule has 1 aromatic carbocycles. The number of rotatable bonds is 2. The lowest BCUT2D eigenvalue weighted by atomic mass is 10.00. The van der Waals surface area contributed by atoms with Crippen LogP contribution in [0.15, 0.2) is 18.2 Å². The van der Waals surface area contributed by atoms with Crippen LogP contribution in [0.5, 0.6) is 0 Å². The van der Waals surface area contributed by atoms with Gasteiger partial charge in [0.1, 0.15) is 11.9 Å². The molecule has 23 heavy (non-hydrogen) atoms. The molecular weight excluding hydrogens is 353 g/mol. The van der Waals surface area contributed by atoms with E-state index in [1.807, 2.05) is 0 Å². The Labute approximate surface area is 134 Å². The highest BCUT2D eigenvalue weighted by Gasteiger charge is 2.47. The third-order valence-corrected chi connectivity index (χ3v) is 3.46. The van der Waals surface area contributed by atoms with Crippen molar-refractivity contribution in [3.63, 3.8) is 0 Å². The van der Waals surface area contributed by atoms with Crippen LogP contribution in [-0.2, 0) is 6.18 Å². The second-order valence-corrected chi connectivity index (χ2v) is 4.94. The Morgan fingerprint density at radius 2 is 1.57 bits per heavy atom. The fourth-order valence-electron chi connectivity index (χ4n) is 2.50. The molecule has 1 atom stereocenters. The van der Waals surface area contributed by atoms with E-state index in [1.165, 1.54) is 0 Å². The summed E-state index contributed by atoms with van der Waals surface area (Å²) in [6.45, 7) is 0.458. The summed E-state index contributed by atoms with van der Waals surface area (Å²) in [5.74, 6) is -1.86. The smallest absolute Gasteiger partial charge is 0.314 e. The summed E-state index contributed by atoms with van der Waals surface area (Å²) in [5, 5.41) is 2.84. The van der Waals surface area contributed by atoms with Crippen molar-refractivity contribution in [2.24, 2.45) is 0 Å². The molecule has 1 saturated heterocycles. The van der Waals surface area contributed by atoms with Crippen molar-refractivity contribution in [1.29, 1.82) is 0 Å². The summed E-state index contributed by atoms with van der Waals surface area (Å²) < 4.78 is 92.0. The number of benzene rings is 1. The molecule has 1 aromatic rings.